The summed E-state index contributed by atoms with van der Waals surface area (Å²) in [4.78, 5) is 10.8. The van der Waals surface area contributed by atoms with E-state index >= 15 is 0 Å². The zero-order chi connectivity index (χ0) is 23.8. The first-order valence-electron chi connectivity index (χ1n) is 10.5. The van der Waals surface area contributed by atoms with E-state index in [4.69, 9.17) is 24.1 Å². The topological polar surface area (TPSA) is 86.2 Å². The molecule has 0 radical (unpaired) electrons. The van der Waals surface area contributed by atoms with Gasteiger partial charge in [0.2, 0.25) is 0 Å². The van der Waals surface area contributed by atoms with Crippen LogP contribution in [0.4, 0.5) is 0 Å². The van der Waals surface area contributed by atoms with Gasteiger partial charge < -0.3 is 29.4 Å². The van der Waals surface area contributed by atoms with Crippen molar-refractivity contribution >= 4 is 5.97 Å². The van der Waals surface area contributed by atoms with Crippen LogP contribution in [-0.4, -0.2) is 38.9 Å². The van der Waals surface area contributed by atoms with Crippen LogP contribution in [-0.2, 0) is 17.9 Å². The van der Waals surface area contributed by atoms with E-state index in [0.29, 0.717) is 30.4 Å². The minimum atomic E-state index is -0.931. The zero-order valence-corrected chi connectivity index (χ0v) is 19.3. The van der Waals surface area contributed by atoms with Gasteiger partial charge in [-0.25, -0.2) is 0 Å². The number of rotatable bonds is 11. The highest BCUT2D eigenvalue weighted by molar-refractivity contribution is 5.70. The molecule has 7 heteroatoms. The predicted octanol–water partition coefficient (Wildman–Crippen LogP) is 4.44. The highest BCUT2D eigenvalue weighted by atomic mass is 16.5. The first-order valence-corrected chi connectivity index (χ1v) is 10.5. The number of benzene rings is 3. The van der Waals surface area contributed by atoms with Crippen molar-refractivity contribution in [2.45, 2.75) is 20.1 Å². The maximum Gasteiger partial charge on any atom is 0.317 e. The molecule has 174 valence electrons. The van der Waals surface area contributed by atoms with E-state index in [-0.39, 0.29) is 6.54 Å². The molecular weight excluding hydrogens is 422 g/mol. The molecule has 3 rings (SSSR count). The van der Waals surface area contributed by atoms with Crippen LogP contribution < -0.4 is 24.3 Å². The van der Waals surface area contributed by atoms with Gasteiger partial charge in [0.05, 0.1) is 33.4 Å². The van der Waals surface area contributed by atoms with Crippen LogP contribution in [0.3, 0.4) is 0 Å². The molecule has 3 aromatic carbocycles. The van der Waals surface area contributed by atoms with Crippen LogP contribution in [0.2, 0.25) is 0 Å². The number of carboxylic acids is 1. The average Bonchev–Trinajstić information content (AvgIpc) is 2.83. The molecule has 0 aliphatic rings. The summed E-state index contributed by atoms with van der Waals surface area (Å²) in [5.74, 6) is 1.59. The highest BCUT2D eigenvalue weighted by Crippen LogP contribution is 2.35. The van der Waals surface area contributed by atoms with Gasteiger partial charge in [-0.3, -0.25) is 4.79 Å². The first-order chi connectivity index (χ1) is 16.0. The van der Waals surface area contributed by atoms with E-state index in [2.05, 4.69) is 24.4 Å². The molecular formula is C26H29NO6. The molecule has 0 heterocycles. The predicted molar refractivity (Wildman–Crippen MR) is 126 cm³/mol. The van der Waals surface area contributed by atoms with Crippen molar-refractivity contribution in [2.75, 3.05) is 27.9 Å². The van der Waals surface area contributed by atoms with E-state index in [9.17, 15) is 4.79 Å². The number of carbonyl (C=O) groups is 1. The number of carboxylic acid groups (broad SMARTS) is 1. The summed E-state index contributed by atoms with van der Waals surface area (Å²) in [6.07, 6.45) is 0. The molecule has 0 spiro atoms. The quantitative estimate of drug-likeness (QED) is 0.446. The molecule has 2 N–H and O–H groups in total. The van der Waals surface area contributed by atoms with Gasteiger partial charge in [-0.1, -0.05) is 30.3 Å². The van der Waals surface area contributed by atoms with E-state index in [1.54, 1.807) is 33.5 Å². The monoisotopic (exact) mass is 451 g/mol. The van der Waals surface area contributed by atoms with Crippen molar-refractivity contribution in [1.29, 1.82) is 0 Å². The molecule has 0 saturated heterocycles. The Labute approximate surface area is 193 Å². The average molecular weight is 452 g/mol. The number of methoxy groups -OCH3 is 3. The summed E-state index contributed by atoms with van der Waals surface area (Å²) >= 11 is 0. The number of hydrogen-bond acceptors (Lipinski definition) is 6. The van der Waals surface area contributed by atoms with Crippen LogP contribution in [0.25, 0.3) is 11.1 Å². The molecule has 33 heavy (non-hydrogen) atoms. The fourth-order valence-electron chi connectivity index (χ4n) is 3.62. The fraction of sp³-hybridized carbons (Fsp3) is 0.269. The van der Waals surface area contributed by atoms with Crippen LogP contribution in [0.1, 0.15) is 16.7 Å². The summed E-state index contributed by atoms with van der Waals surface area (Å²) in [6, 6.07) is 17.7. The van der Waals surface area contributed by atoms with Crippen LogP contribution in [0, 0.1) is 6.92 Å². The van der Waals surface area contributed by atoms with Crippen molar-refractivity contribution in [3.8, 4) is 34.1 Å². The Bertz CT molecular complexity index is 1090. The lowest BCUT2D eigenvalue weighted by molar-refractivity contribution is -0.136. The molecule has 0 aliphatic heterocycles. The SMILES string of the molecule is COc1cccc(-c2cccc(COc3cc(OC)c(CNCC(=O)O)c(OC)c3)c2C)c1. The van der Waals surface area contributed by atoms with Gasteiger partial charge in [0.1, 0.15) is 29.6 Å². The molecule has 3 aromatic rings. The minimum absolute atomic E-state index is 0.159. The molecule has 0 saturated carbocycles. The molecule has 7 nitrogen and oxygen atoms in total. The molecule has 0 unspecified atom stereocenters. The second-order valence-corrected chi connectivity index (χ2v) is 7.41. The second-order valence-electron chi connectivity index (χ2n) is 7.41. The van der Waals surface area contributed by atoms with Gasteiger partial charge >= 0.3 is 5.97 Å². The van der Waals surface area contributed by atoms with Gasteiger partial charge in [0.25, 0.3) is 0 Å². The van der Waals surface area contributed by atoms with E-state index in [0.717, 1.165) is 33.6 Å². The smallest absolute Gasteiger partial charge is 0.317 e. The molecule has 0 amide bonds. The standard InChI is InChI=1S/C26H29NO6/c1-17-19(8-6-10-22(17)18-7-5-9-20(11-18)30-2)16-33-21-12-24(31-3)23(25(13-21)32-4)14-27-15-26(28)29/h5-13,27H,14-16H2,1-4H3,(H,28,29). The van der Waals surface area contributed by atoms with Crippen molar-refractivity contribution in [1.82, 2.24) is 5.32 Å². The first kappa shape index (κ1) is 23.9. The van der Waals surface area contributed by atoms with Crippen molar-refractivity contribution in [3.63, 3.8) is 0 Å². The number of nitrogens with one attached hydrogen (secondary N) is 1. The normalized spacial score (nSPS) is 10.5. The lowest BCUT2D eigenvalue weighted by Gasteiger charge is -2.17. The van der Waals surface area contributed by atoms with Crippen molar-refractivity contribution in [3.05, 3.63) is 71.3 Å². The summed E-state index contributed by atoms with van der Waals surface area (Å²) < 4.78 is 22.5. The Balaban J connectivity index is 1.81. The number of ether oxygens (including phenoxy) is 4. The van der Waals surface area contributed by atoms with Gasteiger partial charge in [-0.2, -0.15) is 0 Å². The summed E-state index contributed by atoms with van der Waals surface area (Å²) in [6.45, 7) is 2.58. The van der Waals surface area contributed by atoms with Gasteiger partial charge in [-0.15, -0.1) is 0 Å². The Morgan fingerprint density at radius 1 is 0.909 bits per heavy atom. The zero-order valence-electron chi connectivity index (χ0n) is 19.3. The molecule has 0 atom stereocenters. The van der Waals surface area contributed by atoms with Gasteiger partial charge in [-0.05, 0) is 41.3 Å². The van der Waals surface area contributed by atoms with E-state index in [1.807, 2.05) is 30.3 Å². The lowest BCUT2D eigenvalue weighted by Crippen LogP contribution is -2.22. The maximum atomic E-state index is 10.8. The number of aliphatic carboxylic acids is 1. The van der Waals surface area contributed by atoms with Gasteiger partial charge in [0.15, 0.2) is 0 Å². The summed E-state index contributed by atoms with van der Waals surface area (Å²) in [5.41, 5.74) is 5.10. The van der Waals surface area contributed by atoms with Crippen molar-refractivity contribution in [2.24, 2.45) is 0 Å². The Kier molecular flexibility index (Phi) is 8.16. The Morgan fingerprint density at radius 3 is 2.24 bits per heavy atom. The van der Waals surface area contributed by atoms with Crippen LogP contribution >= 0.6 is 0 Å². The summed E-state index contributed by atoms with van der Waals surface area (Å²) in [5, 5.41) is 11.7. The highest BCUT2D eigenvalue weighted by Gasteiger charge is 2.15. The molecule has 0 fully saturated rings. The third-order valence-electron chi connectivity index (χ3n) is 5.38. The Morgan fingerprint density at radius 2 is 1.61 bits per heavy atom. The third kappa shape index (κ3) is 5.96. The maximum absolute atomic E-state index is 10.8. The molecule has 0 aromatic heterocycles. The largest absolute Gasteiger partial charge is 0.497 e. The second kappa shape index (κ2) is 11.2. The third-order valence-corrected chi connectivity index (χ3v) is 5.38. The molecule has 0 aliphatic carbocycles. The number of hydrogen-bond donors (Lipinski definition) is 2. The fourth-order valence-corrected chi connectivity index (χ4v) is 3.62. The Hall–Kier alpha value is -3.71. The lowest BCUT2D eigenvalue weighted by atomic mass is 9.96. The van der Waals surface area contributed by atoms with E-state index < -0.39 is 5.97 Å². The van der Waals surface area contributed by atoms with Crippen LogP contribution in [0.15, 0.2) is 54.6 Å². The summed E-state index contributed by atoms with van der Waals surface area (Å²) in [7, 11) is 4.77. The minimum Gasteiger partial charge on any atom is -0.497 e. The van der Waals surface area contributed by atoms with Crippen LogP contribution in [0.5, 0.6) is 23.0 Å². The molecule has 0 bridgehead atoms. The van der Waals surface area contributed by atoms with E-state index in [1.165, 1.54) is 0 Å². The van der Waals surface area contributed by atoms with Crippen molar-refractivity contribution < 1.29 is 28.8 Å². The van der Waals surface area contributed by atoms with Gasteiger partial charge in [0, 0.05) is 18.7 Å².